The van der Waals surface area contributed by atoms with Crippen molar-refractivity contribution in [2.45, 2.75) is 16.4 Å². The lowest BCUT2D eigenvalue weighted by atomic mass is 10.3. The summed E-state index contributed by atoms with van der Waals surface area (Å²) in [5.74, 6) is -0.0355. The fourth-order valence-electron chi connectivity index (χ4n) is 1.74. The van der Waals surface area contributed by atoms with Gasteiger partial charge in [0.25, 0.3) is 0 Å². The van der Waals surface area contributed by atoms with Crippen LogP contribution >= 0.6 is 23.1 Å². The van der Waals surface area contributed by atoms with Crippen LogP contribution in [0.1, 0.15) is 11.4 Å². The van der Waals surface area contributed by atoms with Gasteiger partial charge in [-0.3, -0.25) is 0 Å². The summed E-state index contributed by atoms with van der Waals surface area (Å²) >= 11 is 2.94. The third-order valence-electron chi connectivity index (χ3n) is 2.66. The first kappa shape index (κ1) is 13.8. The Kier molecular flexibility index (Phi) is 3.72. The highest BCUT2D eigenvalue weighted by molar-refractivity contribution is 8.01. The summed E-state index contributed by atoms with van der Waals surface area (Å²) in [6, 6.07) is 9.59. The molecule has 2 aromatic heterocycles. The smallest absolute Gasteiger partial charge is 0.195 e. The van der Waals surface area contributed by atoms with Crippen LogP contribution in [0.5, 0.6) is 0 Å². The molecule has 0 aliphatic rings. The molecule has 21 heavy (non-hydrogen) atoms. The summed E-state index contributed by atoms with van der Waals surface area (Å²) in [6.07, 6.45) is 0. The molecule has 1 aromatic carbocycles. The molecule has 0 aliphatic carbocycles. The van der Waals surface area contributed by atoms with Crippen molar-refractivity contribution in [2.75, 3.05) is 0 Å². The van der Waals surface area contributed by atoms with Gasteiger partial charge in [-0.25, -0.2) is 15.0 Å². The van der Waals surface area contributed by atoms with Crippen molar-refractivity contribution in [1.29, 1.82) is 0 Å². The molecule has 0 saturated heterocycles. The zero-order valence-corrected chi connectivity index (χ0v) is 12.6. The molecular weight excluding hydrogens is 306 g/mol. The summed E-state index contributed by atoms with van der Waals surface area (Å²) < 4.78 is 1.97. The Morgan fingerprint density at radius 1 is 1.29 bits per heavy atom. The molecule has 6 nitrogen and oxygen atoms in total. The minimum absolute atomic E-state index is 0.0355. The molecule has 0 saturated carbocycles. The van der Waals surface area contributed by atoms with E-state index in [4.69, 9.17) is 10.9 Å². The highest BCUT2D eigenvalue weighted by Crippen LogP contribution is 2.32. The molecule has 0 radical (unpaired) electrons. The second-order valence-electron chi connectivity index (χ2n) is 4.21. The number of rotatable bonds is 3. The first-order chi connectivity index (χ1) is 10.2. The van der Waals surface area contributed by atoms with Crippen LogP contribution in [0.4, 0.5) is 0 Å². The van der Waals surface area contributed by atoms with Crippen molar-refractivity contribution in [3.63, 3.8) is 0 Å². The highest BCUT2D eigenvalue weighted by Gasteiger charge is 2.10. The number of nitrogens with two attached hydrogens (primary N) is 1. The van der Waals surface area contributed by atoms with Gasteiger partial charge in [0.05, 0.1) is 10.2 Å². The van der Waals surface area contributed by atoms with Gasteiger partial charge in [-0.1, -0.05) is 17.3 Å². The average Bonchev–Trinajstić information content (AvgIpc) is 2.87. The van der Waals surface area contributed by atoms with Gasteiger partial charge in [0.15, 0.2) is 15.3 Å². The number of aryl methyl sites for hydroxylation is 1. The van der Waals surface area contributed by atoms with Gasteiger partial charge in [0, 0.05) is 5.69 Å². The Morgan fingerprint density at radius 2 is 2.10 bits per heavy atom. The molecule has 0 amide bonds. The topological polar surface area (TPSA) is 97.3 Å². The van der Waals surface area contributed by atoms with E-state index < -0.39 is 0 Å². The number of aromatic nitrogens is 3. The Hall–Kier alpha value is -2.19. The maximum Gasteiger partial charge on any atom is 0.195 e. The fraction of sp³-hybridized carbons (Fsp3) is 0.0769. The van der Waals surface area contributed by atoms with Crippen LogP contribution in [0.2, 0.25) is 0 Å². The molecule has 3 rings (SSSR count). The summed E-state index contributed by atoms with van der Waals surface area (Å²) in [5.41, 5.74) is 7.67. The molecule has 0 unspecified atom stereocenters. The predicted octanol–water partition coefficient (Wildman–Crippen LogP) is 2.64. The van der Waals surface area contributed by atoms with E-state index in [1.54, 1.807) is 17.4 Å². The number of benzene rings is 1. The monoisotopic (exact) mass is 317 g/mol. The van der Waals surface area contributed by atoms with E-state index in [1.807, 2.05) is 31.2 Å². The molecule has 8 heteroatoms. The quantitative estimate of drug-likeness (QED) is 0.253. The molecule has 3 aromatic rings. The van der Waals surface area contributed by atoms with E-state index >= 15 is 0 Å². The van der Waals surface area contributed by atoms with Crippen LogP contribution in [0.3, 0.4) is 0 Å². The number of amidine groups is 1. The summed E-state index contributed by atoms with van der Waals surface area (Å²) in [7, 11) is 0. The lowest BCUT2D eigenvalue weighted by Crippen LogP contribution is -2.16. The first-order valence-electron chi connectivity index (χ1n) is 6.03. The molecule has 2 heterocycles. The predicted molar refractivity (Wildman–Crippen MR) is 83.0 cm³/mol. The van der Waals surface area contributed by atoms with Crippen LogP contribution in [0.25, 0.3) is 10.2 Å². The Bertz CT molecular complexity index is 797. The lowest BCUT2D eigenvalue weighted by molar-refractivity contribution is 0.318. The fourth-order valence-corrected chi connectivity index (χ4v) is 3.73. The third kappa shape index (κ3) is 2.96. The molecule has 0 spiro atoms. The minimum atomic E-state index is -0.0355. The Balaban J connectivity index is 1.95. The van der Waals surface area contributed by atoms with E-state index in [0.29, 0.717) is 10.9 Å². The second kappa shape index (κ2) is 5.66. The van der Waals surface area contributed by atoms with Crippen molar-refractivity contribution >= 4 is 39.2 Å². The zero-order valence-electron chi connectivity index (χ0n) is 11.0. The lowest BCUT2D eigenvalue weighted by Gasteiger charge is -2.02. The molecule has 0 bridgehead atoms. The number of para-hydroxylation sites is 1. The van der Waals surface area contributed by atoms with Gasteiger partial charge in [-0.05, 0) is 36.9 Å². The van der Waals surface area contributed by atoms with Crippen LogP contribution in [-0.2, 0) is 0 Å². The van der Waals surface area contributed by atoms with E-state index in [1.165, 1.54) is 11.8 Å². The van der Waals surface area contributed by atoms with Gasteiger partial charge in [-0.2, -0.15) is 0 Å². The average molecular weight is 317 g/mol. The number of fused-ring (bicyclic) bond motifs is 1. The van der Waals surface area contributed by atoms with E-state index in [-0.39, 0.29) is 5.84 Å². The van der Waals surface area contributed by atoms with Gasteiger partial charge in [0.1, 0.15) is 5.69 Å². The first-order valence-corrected chi connectivity index (χ1v) is 7.66. The third-order valence-corrected chi connectivity index (χ3v) is 4.62. The summed E-state index contributed by atoms with van der Waals surface area (Å²) in [4.78, 5) is 13.1. The Labute approximate surface area is 128 Å². The normalized spacial score (nSPS) is 12.0. The summed E-state index contributed by atoms with van der Waals surface area (Å²) in [6.45, 7) is 1.83. The molecule has 106 valence electrons. The molecule has 0 aliphatic heterocycles. The molecule has 0 atom stereocenters. The minimum Gasteiger partial charge on any atom is -0.409 e. The second-order valence-corrected chi connectivity index (χ2v) is 6.46. The SMILES string of the molecule is Cc1cc(/C(N)=N/O)nc(Sc2nc3ccccc3s2)n1. The number of hydrogen-bond acceptors (Lipinski definition) is 7. The molecule has 3 N–H and O–H groups in total. The Morgan fingerprint density at radius 3 is 2.86 bits per heavy atom. The maximum absolute atomic E-state index is 8.74. The number of hydrogen-bond donors (Lipinski definition) is 2. The van der Waals surface area contributed by atoms with Crippen LogP contribution in [0, 0.1) is 6.92 Å². The van der Waals surface area contributed by atoms with E-state index in [0.717, 1.165) is 20.3 Å². The molecule has 0 fully saturated rings. The number of oxime groups is 1. The van der Waals surface area contributed by atoms with Crippen molar-refractivity contribution in [3.05, 3.63) is 41.7 Å². The van der Waals surface area contributed by atoms with Crippen LogP contribution in [-0.4, -0.2) is 26.0 Å². The van der Waals surface area contributed by atoms with Gasteiger partial charge in [0.2, 0.25) is 0 Å². The van der Waals surface area contributed by atoms with Crippen molar-refractivity contribution < 1.29 is 5.21 Å². The standard InChI is InChI=1S/C13H11N5OS2/c1-7-6-9(11(14)18-19)16-12(15-7)21-13-17-8-4-2-3-5-10(8)20-13/h2-6,19H,1H3,(H2,14,18). The van der Waals surface area contributed by atoms with Crippen molar-refractivity contribution in [3.8, 4) is 0 Å². The van der Waals surface area contributed by atoms with Gasteiger partial charge in [-0.15, -0.1) is 11.3 Å². The van der Waals surface area contributed by atoms with Gasteiger partial charge < -0.3 is 10.9 Å². The maximum atomic E-state index is 8.74. The zero-order chi connectivity index (χ0) is 14.8. The van der Waals surface area contributed by atoms with Crippen LogP contribution in [0.15, 0.2) is 45.0 Å². The number of nitrogens with zero attached hydrogens (tertiary/aromatic N) is 4. The van der Waals surface area contributed by atoms with Crippen molar-refractivity contribution in [1.82, 2.24) is 15.0 Å². The van der Waals surface area contributed by atoms with E-state index in [9.17, 15) is 0 Å². The number of thiazole rings is 1. The largest absolute Gasteiger partial charge is 0.409 e. The van der Waals surface area contributed by atoms with Gasteiger partial charge >= 0.3 is 0 Å². The van der Waals surface area contributed by atoms with Crippen LogP contribution < -0.4 is 5.73 Å². The highest BCUT2D eigenvalue weighted by atomic mass is 32.2. The molecular formula is C13H11N5OS2. The summed E-state index contributed by atoms with van der Waals surface area (Å²) in [5, 5.41) is 12.2. The van der Waals surface area contributed by atoms with E-state index in [2.05, 4.69) is 20.1 Å². The van der Waals surface area contributed by atoms with Crippen molar-refractivity contribution in [2.24, 2.45) is 10.9 Å².